The van der Waals surface area contributed by atoms with Crippen molar-refractivity contribution in [2.45, 2.75) is 77.3 Å². The number of aromatic nitrogens is 4. The molecule has 18 nitrogen and oxygen atoms in total. The first-order valence-corrected chi connectivity index (χ1v) is 23.6. The molecule has 6 aromatic rings. The van der Waals surface area contributed by atoms with Gasteiger partial charge in [-0.1, -0.05) is 48.0 Å². The highest BCUT2D eigenvalue weighted by atomic mass is 79.9. The van der Waals surface area contributed by atoms with Crippen LogP contribution >= 0.6 is 43.5 Å². The molecule has 0 spiro atoms. The molecular formula is C50H43Br2ClN8O10. The van der Waals surface area contributed by atoms with Crippen molar-refractivity contribution < 1.29 is 49.0 Å². The van der Waals surface area contributed by atoms with E-state index in [1.54, 1.807) is 73.1 Å². The number of carboxylic acids is 2. The van der Waals surface area contributed by atoms with Crippen molar-refractivity contribution in [1.82, 2.24) is 25.3 Å². The lowest BCUT2D eigenvalue weighted by atomic mass is 9.95. The topological polar surface area (TPSA) is 287 Å². The van der Waals surface area contributed by atoms with Gasteiger partial charge >= 0.3 is 11.9 Å². The molecule has 0 fully saturated rings. The van der Waals surface area contributed by atoms with E-state index in [1.807, 2.05) is 6.07 Å². The van der Waals surface area contributed by atoms with Crippen LogP contribution in [-0.4, -0.2) is 71.1 Å². The number of nitriles is 3. The van der Waals surface area contributed by atoms with E-state index in [4.69, 9.17) is 40.8 Å². The zero-order chi connectivity index (χ0) is 50.9. The van der Waals surface area contributed by atoms with E-state index in [9.17, 15) is 35.6 Å². The molecule has 2 atom stereocenters. The number of nitrogens with one attached hydrogen (secondary N) is 1. The molecule has 0 bridgehead atoms. The Hall–Kier alpha value is -7.22. The van der Waals surface area contributed by atoms with Crippen molar-refractivity contribution in [3.63, 3.8) is 0 Å². The number of carbonyl (C=O) groups is 2. The van der Waals surface area contributed by atoms with E-state index in [0.29, 0.717) is 88.0 Å². The second-order valence-electron chi connectivity index (χ2n) is 15.8. The molecule has 6 rings (SSSR count). The molecule has 0 saturated carbocycles. The molecule has 4 heterocycles. The molecule has 0 amide bonds. The van der Waals surface area contributed by atoms with Gasteiger partial charge in [0.05, 0.1) is 55.7 Å². The Labute approximate surface area is 429 Å². The van der Waals surface area contributed by atoms with Crippen LogP contribution in [0.25, 0.3) is 11.1 Å². The summed E-state index contributed by atoms with van der Waals surface area (Å²) in [6.45, 7) is 0.00242. The Morgan fingerprint density at radius 1 is 0.648 bits per heavy atom. The minimum absolute atomic E-state index is 0.00399. The average Bonchev–Trinajstić information content (AvgIpc) is 3.35. The highest BCUT2D eigenvalue weighted by Crippen LogP contribution is 2.37. The van der Waals surface area contributed by atoms with E-state index >= 15 is 0 Å². The fraction of sp³-hybridized carbons (Fsp3) is 0.260. The average molecular weight is 1110 g/mol. The van der Waals surface area contributed by atoms with Crippen molar-refractivity contribution in [1.29, 1.82) is 15.8 Å². The number of nitrogens with zero attached hydrogens (tertiary/aromatic N) is 7. The highest BCUT2D eigenvalue weighted by Gasteiger charge is 2.21. The van der Waals surface area contributed by atoms with Crippen LogP contribution in [0.3, 0.4) is 0 Å². The van der Waals surface area contributed by atoms with Gasteiger partial charge in [-0.2, -0.15) is 25.8 Å². The Morgan fingerprint density at radius 3 is 1.75 bits per heavy atom. The van der Waals surface area contributed by atoms with Gasteiger partial charge in [0, 0.05) is 82.4 Å². The number of rotatable bonds is 25. The van der Waals surface area contributed by atoms with Crippen LogP contribution in [0.4, 0.5) is 0 Å². The fourth-order valence-corrected chi connectivity index (χ4v) is 8.29. The van der Waals surface area contributed by atoms with Crippen LogP contribution in [0.15, 0.2) is 94.4 Å². The molecule has 0 aliphatic rings. The van der Waals surface area contributed by atoms with Gasteiger partial charge in [0.15, 0.2) is 0 Å². The molecule has 5 N–H and O–H groups in total. The van der Waals surface area contributed by atoms with Gasteiger partial charge in [-0.05, 0) is 75.4 Å². The lowest BCUT2D eigenvalue weighted by molar-refractivity contribution is -0.140. The van der Waals surface area contributed by atoms with Crippen molar-refractivity contribution in [2.75, 3.05) is 6.54 Å². The van der Waals surface area contributed by atoms with E-state index in [1.165, 1.54) is 12.4 Å². The zero-order valence-corrected chi connectivity index (χ0v) is 41.4. The standard InChI is InChI=1S/C50H43Br2ClN8O10/c51-42-12-33(4-1-7-37(62)14-44(64)65)47(68-25-31-10-29(16-54)19-57-21-31)60-49(42)71-28-35-6-3-9-40(46(35)53)39-8-2-5-34(41(39)18-56)27-70-50-43(52)13-36(23-59-24-38(63)15-45(66)67)48(61-50)69-26-32-11-30(17-55)20-58-22-32/h2-3,5-6,8-13,19-22,37-38,59,62-63H,1,4,7,14-15,23-28H2,(H,64,65)(H,66,67)/t37-,38+/m1/s1. The summed E-state index contributed by atoms with van der Waals surface area (Å²) in [6, 6.07) is 23.8. The predicted molar refractivity (Wildman–Crippen MR) is 262 cm³/mol. The number of halogens is 3. The predicted octanol–water partition coefficient (Wildman–Crippen LogP) is 8.13. The summed E-state index contributed by atoms with van der Waals surface area (Å²) in [5, 5.41) is 70.9. The molecule has 2 aromatic carbocycles. The number of aliphatic hydroxyl groups is 2. The van der Waals surface area contributed by atoms with Gasteiger partial charge in [0.2, 0.25) is 23.5 Å². The van der Waals surface area contributed by atoms with E-state index in [0.717, 1.165) is 0 Å². The van der Waals surface area contributed by atoms with Crippen LogP contribution < -0.4 is 24.3 Å². The van der Waals surface area contributed by atoms with Crippen LogP contribution in [0.1, 0.15) is 75.8 Å². The van der Waals surface area contributed by atoms with Gasteiger partial charge in [-0.15, -0.1) is 0 Å². The molecular weight excluding hydrogens is 1070 g/mol. The Morgan fingerprint density at radius 2 is 1.17 bits per heavy atom. The summed E-state index contributed by atoms with van der Waals surface area (Å²) in [4.78, 5) is 39.6. The number of aliphatic carboxylic acids is 2. The number of aliphatic hydroxyl groups excluding tert-OH is 2. The minimum Gasteiger partial charge on any atom is -0.481 e. The second kappa shape index (κ2) is 26.1. The Balaban J connectivity index is 1.20. The zero-order valence-electron chi connectivity index (χ0n) is 37.5. The first-order chi connectivity index (χ1) is 34.2. The third-order valence-corrected chi connectivity index (χ3v) is 12.0. The first kappa shape index (κ1) is 53.1. The monoisotopic (exact) mass is 1110 g/mol. The summed E-state index contributed by atoms with van der Waals surface area (Å²) in [5.41, 5.74) is 5.60. The molecule has 0 saturated heterocycles. The first-order valence-electron chi connectivity index (χ1n) is 21.6. The summed E-state index contributed by atoms with van der Waals surface area (Å²) in [6.07, 6.45) is 4.09. The lowest BCUT2D eigenvalue weighted by Crippen LogP contribution is -2.28. The van der Waals surface area contributed by atoms with Gasteiger partial charge in [0.1, 0.15) is 44.6 Å². The number of pyridine rings is 4. The van der Waals surface area contributed by atoms with Crippen LogP contribution in [0, 0.1) is 34.0 Å². The molecule has 0 radical (unpaired) electrons. The smallest absolute Gasteiger partial charge is 0.306 e. The van der Waals surface area contributed by atoms with Crippen LogP contribution in [0.5, 0.6) is 23.5 Å². The molecule has 21 heteroatoms. The largest absolute Gasteiger partial charge is 0.481 e. The highest BCUT2D eigenvalue weighted by molar-refractivity contribution is 9.10. The SMILES string of the molecule is N#Cc1cncc(COc2nc(OCc3cccc(-c4cccc(COc5nc(OCc6cncc(C#N)c6)c(CNC[C@@H](O)CC(=O)O)cc5Br)c4C#N)c3Cl)c(Br)cc2CCC[C@@H](O)CC(=O)O)c1. The number of aryl methyl sites for hydroxylation is 1. The number of benzene rings is 2. The minimum atomic E-state index is -1.14. The number of hydrogen-bond donors (Lipinski definition) is 5. The lowest BCUT2D eigenvalue weighted by Gasteiger charge is -2.17. The number of carboxylic acid groups (broad SMARTS) is 2. The maximum absolute atomic E-state index is 11.1. The normalized spacial score (nSPS) is 11.6. The Bertz CT molecular complexity index is 3020. The summed E-state index contributed by atoms with van der Waals surface area (Å²) in [7, 11) is 0. The van der Waals surface area contributed by atoms with Gasteiger partial charge < -0.3 is 44.7 Å². The van der Waals surface area contributed by atoms with Crippen LogP contribution in [-0.2, 0) is 49.0 Å². The maximum Gasteiger partial charge on any atom is 0.306 e. The van der Waals surface area contributed by atoms with Crippen molar-refractivity contribution in [3.05, 3.63) is 149 Å². The third kappa shape index (κ3) is 15.4. The molecule has 0 aliphatic carbocycles. The van der Waals surface area contributed by atoms with E-state index in [2.05, 4.69) is 69.3 Å². The summed E-state index contributed by atoms with van der Waals surface area (Å²) >= 11 is 14.2. The van der Waals surface area contributed by atoms with Gasteiger partial charge in [0.25, 0.3) is 0 Å². The summed E-state index contributed by atoms with van der Waals surface area (Å²) < 4.78 is 25.6. The molecule has 364 valence electrons. The molecule has 0 unspecified atom stereocenters. The van der Waals surface area contributed by atoms with Gasteiger partial charge in [-0.25, -0.2) is 0 Å². The van der Waals surface area contributed by atoms with Crippen molar-refractivity contribution >= 4 is 55.4 Å². The maximum atomic E-state index is 11.1. The number of hydrogen-bond acceptors (Lipinski definition) is 16. The van der Waals surface area contributed by atoms with E-state index < -0.39 is 30.6 Å². The van der Waals surface area contributed by atoms with Crippen LogP contribution in [0.2, 0.25) is 5.02 Å². The third-order valence-electron chi connectivity index (χ3n) is 10.4. The Kier molecular flexibility index (Phi) is 19.5. The quantitative estimate of drug-likeness (QED) is 0.0361. The van der Waals surface area contributed by atoms with Gasteiger partial charge in [-0.3, -0.25) is 19.6 Å². The molecule has 0 aliphatic heterocycles. The summed E-state index contributed by atoms with van der Waals surface area (Å²) in [5.74, 6) is -1.55. The van der Waals surface area contributed by atoms with Crippen molar-refractivity contribution in [2.24, 2.45) is 0 Å². The molecule has 4 aromatic heterocycles. The molecule has 71 heavy (non-hydrogen) atoms. The second-order valence-corrected chi connectivity index (χ2v) is 17.9. The number of ether oxygens (including phenoxy) is 4. The van der Waals surface area contributed by atoms with Crippen molar-refractivity contribution in [3.8, 4) is 52.9 Å². The fourth-order valence-electron chi connectivity index (χ4n) is 7.05. The van der Waals surface area contributed by atoms with E-state index in [-0.39, 0.29) is 75.9 Å².